The molecule has 1 unspecified atom stereocenters. The summed E-state index contributed by atoms with van der Waals surface area (Å²) in [6.45, 7) is 0.452. The topological polar surface area (TPSA) is 23.1 Å². The van der Waals surface area contributed by atoms with E-state index in [0.717, 1.165) is 5.56 Å². The summed E-state index contributed by atoms with van der Waals surface area (Å²) in [5.74, 6) is 0. The molecule has 0 radical (unpaired) electrons. The van der Waals surface area contributed by atoms with Gasteiger partial charge in [-0.15, -0.1) is 0 Å². The third-order valence-corrected chi connectivity index (χ3v) is 5.68. The van der Waals surface area contributed by atoms with Crippen LogP contribution in [0.3, 0.4) is 0 Å². The number of benzene rings is 3. The minimum atomic E-state index is -0.539. The number of hydrogen-bond donors (Lipinski definition) is 0. The Balaban J connectivity index is 1.80. The van der Waals surface area contributed by atoms with E-state index in [1.807, 2.05) is 66.7 Å². The van der Waals surface area contributed by atoms with E-state index in [1.54, 1.807) is 7.05 Å². The number of hydrogen-bond acceptors (Lipinski definition) is 1. The van der Waals surface area contributed by atoms with E-state index in [1.165, 1.54) is 11.1 Å². The summed E-state index contributed by atoms with van der Waals surface area (Å²) < 4.78 is 8.46. The Morgan fingerprint density at radius 2 is 1.35 bits per heavy atom. The summed E-state index contributed by atoms with van der Waals surface area (Å²) in [5.41, 5.74) is 2.88. The second kappa shape index (κ2) is 6.71. The Morgan fingerprint density at radius 3 is 1.85 bits per heavy atom. The van der Waals surface area contributed by atoms with E-state index >= 15 is 0 Å². The molecule has 1 heterocycles. The minimum absolute atomic E-state index is 0.312. The normalized spacial score (nSPS) is 26.2. The molecule has 2 nitrogen and oxygen atoms in total. The van der Waals surface area contributed by atoms with E-state index in [2.05, 4.69) is 24.3 Å². The van der Waals surface area contributed by atoms with E-state index < -0.39 is 11.0 Å². The van der Waals surface area contributed by atoms with Gasteiger partial charge in [-0.2, -0.15) is 0 Å². The molecule has 1 aliphatic rings. The van der Waals surface area contributed by atoms with Crippen LogP contribution in [0.4, 0.5) is 0 Å². The third kappa shape index (κ3) is 3.07. The first kappa shape index (κ1) is 15.8. The summed E-state index contributed by atoms with van der Waals surface area (Å²) in [5, 5.41) is 13.6. The molecule has 0 amide bonds. The van der Waals surface area contributed by atoms with Crippen LogP contribution >= 0.6 is 0 Å². The molecule has 0 aromatic heterocycles. The maximum absolute atomic E-state index is 13.6. The second-order valence-electron chi connectivity index (χ2n) is 7.50. The summed E-state index contributed by atoms with van der Waals surface area (Å²) >= 11 is 0. The molecular weight excluding hydrogens is 318 g/mol. The van der Waals surface area contributed by atoms with Crippen LogP contribution in [-0.2, 0) is 11.8 Å². The zero-order chi connectivity index (χ0) is 18.9. The Hall–Kier alpha value is -2.42. The van der Waals surface area contributed by atoms with Gasteiger partial charge in [-0.3, -0.25) is 0 Å². The average Bonchev–Trinajstić information content (AvgIpc) is 3.02. The van der Waals surface area contributed by atoms with Crippen molar-refractivity contribution in [1.82, 2.24) is 0 Å². The van der Waals surface area contributed by atoms with Crippen molar-refractivity contribution in [3.63, 3.8) is 0 Å². The Bertz CT molecular complexity index is 841. The number of likely N-dealkylation sites (N-methyl/N-ethyl adjacent to an activating group) is 1. The largest absolute Gasteiger partial charge is 0.633 e. The van der Waals surface area contributed by atoms with E-state index in [-0.39, 0.29) is 11.5 Å². The maximum atomic E-state index is 13.6. The van der Waals surface area contributed by atoms with Crippen molar-refractivity contribution in [1.29, 1.82) is 0 Å². The molecule has 1 aliphatic heterocycles. The molecule has 0 saturated carbocycles. The van der Waals surface area contributed by atoms with Gasteiger partial charge < -0.3 is 9.85 Å². The van der Waals surface area contributed by atoms with Crippen LogP contribution in [0.1, 0.15) is 24.5 Å². The van der Waals surface area contributed by atoms with Gasteiger partial charge in [-0.1, -0.05) is 91.0 Å². The highest BCUT2D eigenvalue weighted by molar-refractivity contribution is 5.41. The molecule has 0 spiro atoms. The lowest BCUT2D eigenvalue weighted by Crippen LogP contribution is -2.45. The first-order chi connectivity index (χ1) is 13.0. The minimum Gasteiger partial charge on any atom is -0.633 e. The molecule has 132 valence electrons. The first-order valence-electron chi connectivity index (χ1n) is 9.75. The first-order valence-corrected chi connectivity index (χ1v) is 9.17. The quantitative estimate of drug-likeness (QED) is 0.486. The maximum Gasteiger partial charge on any atom is 0.0940 e. The van der Waals surface area contributed by atoms with Crippen molar-refractivity contribution in [2.45, 2.75) is 24.3 Å². The summed E-state index contributed by atoms with van der Waals surface area (Å²) in [6.07, 6.45) is 0.132. The number of rotatable bonds is 4. The number of likely N-dealkylation sites (tertiary alicyclic amines) is 1. The van der Waals surface area contributed by atoms with Gasteiger partial charge in [0.15, 0.2) is 0 Å². The molecule has 3 aromatic carbocycles. The molecule has 0 aliphatic carbocycles. The van der Waals surface area contributed by atoms with Gasteiger partial charge >= 0.3 is 0 Å². The second-order valence-corrected chi connectivity index (χ2v) is 7.50. The Morgan fingerprint density at radius 1 is 0.885 bits per heavy atom. The molecule has 2 heteroatoms. The van der Waals surface area contributed by atoms with Crippen molar-refractivity contribution in [2.75, 3.05) is 13.6 Å². The lowest BCUT2D eigenvalue weighted by molar-refractivity contribution is -0.874. The van der Waals surface area contributed by atoms with Gasteiger partial charge in [0.25, 0.3) is 0 Å². The number of nitrogens with zero attached hydrogens (tertiary/aromatic N) is 1. The molecule has 1 fully saturated rings. The Labute approximate surface area is 157 Å². The average molecular weight is 344 g/mol. The van der Waals surface area contributed by atoms with Crippen molar-refractivity contribution >= 4 is 0 Å². The van der Waals surface area contributed by atoms with Crippen LogP contribution in [0.2, 0.25) is 0 Å². The standard InChI is InChI=1S/C24H25NO/c1-25(26)19-24(21-13-7-3-8-14-21,22-15-9-4-10-16-22)18-23(25)17-20-11-5-2-6-12-20/h2-16,23H,17-19H2,1H3/t23-,25+/m1/s1/i17D/t17?,23-,25+. The van der Waals surface area contributed by atoms with Crippen LogP contribution in [0, 0.1) is 5.21 Å². The van der Waals surface area contributed by atoms with Crippen LogP contribution in [0.25, 0.3) is 0 Å². The number of hydroxylamine groups is 3. The molecule has 1 saturated heterocycles. The SMILES string of the molecule is [2H]C(c1ccccc1)[C@@H]1CC(c2ccccc2)(c2ccccc2)C[N@+]1(C)[O-]. The highest BCUT2D eigenvalue weighted by Gasteiger charge is 2.51. The van der Waals surface area contributed by atoms with E-state index in [0.29, 0.717) is 13.0 Å². The van der Waals surface area contributed by atoms with Gasteiger partial charge in [-0.25, -0.2) is 0 Å². The fraction of sp³-hybridized carbons (Fsp3) is 0.250. The summed E-state index contributed by atoms with van der Waals surface area (Å²) in [4.78, 5) is 0. The molecule has 0 bridgehead atoms. The van der Waals surface area contributed by atoms with Gasteiger partial charge in [-0.05, 0) is 16.7 Å². The summed E-state index contributed by atoms with van der Waals surface area (Å²) in [6, 6.07) is 30.1. The Kier molecular flexibility index (Phi) is 4.08. The lowest BCUT2D eigenvalue weighted by atomic mass is 9.72. The predicted molar refractivity (Wildman–Crippen MR) is 107 cm³/mol. The monoisotopic (exact) mass is 344 g/mol. The van der Waals surface area contributed by atoms with Gasteiger partial charge in [0.05, 0.1) is 25.0 Å². The third-order valence-electron chi connectivity index (χ3n) is 5.68. The van der Waals surface area contributed by atoms with Gasteiger partial charge in [0, 0.05) is 14.2 Å². The predicted octanol–water partition coefficient (Wildman–Crippen LogP) is 4.93. The van der Waals surface area contributed by atoms with Crippen molar-refractivity contribution in [2.24, 2.45) is 0 Å². The smallest absolute Gasteiger partial charge is 0.0940 e. The van der Waals surface area contributed by atoms with Crippen LogP contribution in [-0.4, -0.2) is 24.3 Å². The molecule has 4 rings (SSSR count). The summed E-state index contributed by atoms with van der Waals surface area (Å²) in [7, 11) is 1.74. The van der Waals surface area contributed by atoms with Crippen molar-refractivity contribution in [3.8, 4) is 0 Å². The molecule has 0 N–H and O–H groups in total. The van der Waals surface area contributed by atoms with E-state index in [4.69, 9.17) is 1.37 Å². The van der Waals surface area contributed by atoms with Gasteiger partial charge in [0.2, 0.25) is 0 Å². The number of quaternary nitrogens is 1. The van der Waals surface area contributed by atoms with Crippen molar-refractivity contribution < 1.29 is 6.02 Å². The van der Waals surface area contributed by atoms with E-state index in [9.17, 15) is 5.21 Å². The molecule has 26 heavy (non-hydrogen) atoms. The van der Waals surface area contributed by atoms with Gasteiger partial charge in [0.1, 0.15) is 0 Å². The van der Waals surface area contributed by atoms with Crippen molar-refractivity contribution in [3.05, 3.63) is 113 Å². The zero-order valence-electron chi connectivity index (χ0n) is 16.1. The molecule has 3 atom stereocenters. The van der Waals surface area contributed by atoms with Crippen LogP contribution < -0.4 is 0 Å². The highest BCUT2D eigenvalue weighted by atomic mass is 16.5. The molecule has 3 aromatic rings. The lowest BCUT2D eigenvalue weighted by Gasteiger charge is -2.41. The fourth-order valence-electron chi connectivity index (χ4n) is 4.37. The van der Waals surface area contributed by atoms with Crippen LogP contribution in [0.5, 0.6) is 0 Å². The molecular formula is C24H25NO. The van der Waals surface area contributed by atoms with Crippen LogP contribution in [0.15, 0.2) is 91.0 Å². The fourth-order valence-corrected chi connectivity index (χ4v) is 4.37. The highest BCUT2D eigenvalue weighted by Crippen LogP contribution is 2.46. The zero-order valence-corrected chi connectivity index (χ0v) is 15.1.